The molecule has 2 aliphatic rings. The minimum atomic E-state index is -0.252. The second kappa shape index (κ2) is 2.95. The monoisotopic (exact) mass is 207 g/mol. The Morgan fingerprint density at radius 2 is 2.20 bits per heavy atom. The van der Waals surface area contributed by atoms with Crippen LogP contribution in [0.25, 0.3) is 0 Å². The maximum Gasteiger partial charge on any atom is 0.127 e. The standard InChI is InChI=1S/C12H14FNO/c13-8-2-3-9-10(14)7-12(4-1-5-12)15-11(9)6-8/h2-3,6,10H,1,4-5,7,14H2/t10-/m1/s1. The Morgan fingerprint density at radius 1 is 1.40 bits per heavy atom. The van der Waals surface area contributed by atoms with E-state index in [4.69, 9.17) is 10.5 Å². The Hall–Kier alpha value is -1.09. The first-order chi connectivity index (χ1) is 7.19. The molecule has 1 aliphatic heterocycles. The number of benzene rings is 1. The van der Waals surface area contributed by atoms with Crippen LogP contribution in [-0.4, -0.2) is 5.60 Å². The fraction of sp³-hybridized carbons (Fsp3) is 0.500. The lowest BCUT2D eigenvalue weighted by atomic mass is 9.73. The zero-order valence-corrected chi connectivity index (χ0v) is 8.50. The van der Waals surface area contributed by atoms with Crippen molar-refractivity contribution in [3.63, 3.8) is 0 Å². The molecule has 1 heterocycles. The maximum atomic E-state index is 13.1. The van der Waals surface area contributed by atoms with Crippen molar-refractivity contribution in [3.05, 3.63) is 29.6 Å². The van der Waals surface area contributed by atoms with Crippen LogP contribution >= 0.6 is 0 Å². The molecular weight excluding hydrogens is 193 g/mol. The predicted molar refractivity (Wildman–Crippen MR) is 55.2 cm³/mol. The molecule has 1 aliphatic carbocycles. The highest BCUT2D eigenvalue weighted by atomic mass is 19.1. The van der Waals surface area contributed by atoms with E-state index in [9.17, 15) is 4.39 Å². The van der Waals surface area contributed by atoms with Crippen LogP contribution in [0, 0.1) is 5.82 Å². The van der Waals surface area contributed by atoms with Crippen LogP contribution in [0.3, 0.4) is 0 Å². The number of fused-ring (bicyclic) bond motifs is 1. The molecule has 1 fully saturated rings. The first-order valence-corrected chi connectivity index (χ1v) is 5.43. The first kappa shape index (κ1) is 9.16. The average Bonchev–Trinajstić information content (AvgIpc) is 2.14. The average molecular weight is 207 g/mol. The van der Waals surface area contributed by atoms with Gasteiger partial charge in [0, 0.05) is 24.1 Å². The van der Waals surface area contributed by atoms with Gasteiger partial charge in [-0.1, -0.05) is 6.07 Å². The summed E-state index contributed by atoms with van der Waals surface area (Å²) in [5.74, 6) is 0.394. The van der Waals surface area contributed by atoms with Crippen molar-refractivity contribution in [2.24, 2.45) is 5.73 Å². The Morgan fingerprint density at radius 3 is 2.87 bits per heavy atom. The molecule has 0 radical (unpaired) electrons. The molecule has 1 atom stereocenters. The van der Waals surface area contributed by atoms with Crippen molar-refractivity contribution in [1.82, 2.24) is 0 Å². The van der Waals surface area contributed by atoms with E-state index in [1.807, 2.05) is 0 Å². The molecule has 15 heavy (non-hydrogen) atoms. The third kappa shape index (κ3) is 1.34. The number of nitrogens with two attached hydrogens (primary N) is 1. The van der Waals surface area contributed by atoms with Crippen molar-refractivity contribution in [1.29, 1.82) is 0 Å². The molecule has 0 saturated heterocycles. The predicted octanol–water partition coefficient (Wildman–Crippen LogP) is 2.53. The highest BCUT2D eigenvalue weighted by Crippen LogP contribution is 2.48. The molecular formula is C12H14FNO. The third-order valence-electron chi connectivity index (χ3n) is 3.56. The lowest BCUT2D eigenvalue weighted by Gasteiger charge is -2.47. The van der Waals surface area contributed by atoms with Crippen LogP contribution in [0.2, 0.25) is 0 Å². The lowest BCUT2D eigenvalue weighted by molar-refractivity contribution is -0.0331. The van der Waals surface area contributed by atoms with Gasteiger partial charge < -0.3 is 10.5 Å². The van der Waals surface area contributed by atoms with Crippen molar-refractivity contribution in [3.8, 4) is 5.75 Å². The Kier molecular flexibility index (Phi) is 1.80. The molecule has 1 aromatic rings. The first-order valence-electron chi connectivity index (χ1n) is 5.43. The normalized spacial score (nSPS) is 26.7. The van der Waals surface area contributed by atoms with E-state index in [1.54, 1.807) is 6.07 Å². The van der Waals surface area contributed by atoms with E-state index < -0.39 is 0 Å². The van der Waals surface area contributed by atoms with E-state index in [1.165, 1.54) is 18.6 Å². The van der Waals surface area contributed by atoms with Gasteiger partial charge in [0.15, 0.2) is 0 Å². The fourth-order valence-electron chi connectivity index (χ4n) is 2.57. The number of halogens is 1. The molecule has 0 amide bonds. The largest absolute Gasteiger partial charge is 0.487 e. The molecule has 1 saturated carbocycles. The van der Waals surface area contributed by atoms with Gasteiger partial charge in [0.05, 0.1) is 0 Å². The number of rotatable bonds is 0. The zero-order chi connectivity index (χ0) is 10.5. The minimum Gasteiger partial charge on any atom is -0.487 e. The van der Waals surface area contributed by atoms with Gasteiger partial charge in [-0.2, -0.15) is 0 Å². The van der Waals surface area contributed by atoms with Gasteiger partial charge in [-0.05, 0) is 25.3 Å². The molecule has 3 rings (SSSR count). The molecule has 1 aromatic carbocycles. The van der Waals surface area contributed by atoms with E-state index in [0.29, 0.717) is 5.75 Å². The summed E-state index contributed by atoms with van der Waals surface area (Å²) in [4.78, 5) is 0. The van der Waals surface area contributed by atoms with Gasteiger partial charge in [-0.25, -0.2) is 4.39 Å². The minimum absolute atomic E-state index is 0.00495. The Bertz CT molecular complexity index is 401. The summed E-state index contributed by atoms with van der Waals surface area (Å²) in [5, 5.41) is 0. The van der Waals surface area contributed by atoms with Gasteiger partial charge in [0.25, 0.3) is 0 Å². The van der Waals surface area contributed by atoms with Crippen LogP contribution in [0.1, 0.15) is 37.3 Å². The summed E-state index contributed by atoms with van der Waals surface area (Å²) >= 11 is 0. The second-order valence-electron chi connectivity index (χ2n) is 4.63. The Labute approximate surface area is 88.2 Å². The second-order valence-corrected chi connectivity index (χ2v) is 4.63. The van der Waals surface area contributed by atoms with Crippen LogP contribution in [0.4, 0.5) is 4.39 Å². The number of hydrogen-bond acceptors (Lipinski definition) is 2. The quantitative estimate of drug-likeness (QED) is 0.709. The van der Waals surface area contributed by atoms with Gasteiger partial charge in [-0.15, -0.1) is 0 Å². The van der Waals surface area contributed by atoms with Crippen LogP contribution < -0.4 is 10.5 Å². The molecule has 80 valence electrons. The van der Waals surface area contributed by atoms with E-state index >= 15 is 0 Å². The van der Waals surface area contributed by atoms with Crippen molar-refractivity contribution in [2.75, 3.05) is 0 Å². The van der Waals surface area contributed by atoms with Crippen molar-refractivity contribution in [2.45, 2.75) is 37.3 Å². The topological polar surface area (TPSA) is 35.2 Å². The number of ether oxygens (including phenoxy) is 1. The highest BCUT2D eigenvalue weighted by molar-refractivity contribution is 5.39. The van der Waals surface area contributed by atoms with Crippen molar-refractivity contribution >= 4 is 0 Å². The smallest absolute Gasteiger partial charge is 0.127 e. The highest BCUT2D eigenvalue weighted by Gasteiger charge is 2.44. The van der Waals surface area contributed by atoms with Crippen LogP contribution in [-0.2, 0) is 0 Å². The summed E-state index contributed by atoms with van der Waals surface area (Å²) in [6.07, 6.45) is 4.16. The molecule has 3 heteroatoms. The van der Waals surface area contributed by atoms with Gasteiger partial charge in [0.1, 0.15) is 17.2 Å². The fourth-order valence-corrected chi connectivity index (χ4v) is 2.57. The summed E-state index contributed by atoms with van der Waals surface area (Å²) in [6, 6.07) is 4.63. The molecule has 2 nitrogen and oxygen atoms in total. The van der Waals surface area contributed by atoms with E-state index in [-0.39, 0.29) is 17.5 Å². The summed E-state index contributed by atoms with van der Waals surface area (Å²) in [7, 11) is 0. The van der Waals surface area contributed by atoms with E-state index in [0.717, 1.165) is 24.8 Å². The van der Waals surface area contributed by atoms with Gasteiger partial charge >= 0.3 is 0 Å². The van der Waals surface area contributed by atoms with Crippen molar-refractivity contribution < 1.29 is 9.13 Å². The molecule has 2 N–H and O–H groups in total. The lowest BCUT2D eigenvalue weighted by Crippen LogP contribution is -2.48. The molecule has 1 spiro atoms. The summed E-state index contributed by atoms with van der Waals surface area (Å²) in [5.41, 5.74) is 6.93. The summed E-state index contributed by atoms with van der Waals surface area (Å²) in [6.45, 7) is 0. The molecule has 0 bridgehead atoms. The summed E-state index contributed by atoms with van der Waals surface area (Å²) < 4.78 is 19.0. The zero-order valence-electron chi connectivity index (χ0n) is 8.50. The molecule has 0 aromatic heterocycles. The third-order valence-corrected chi connectivity index (χ3v) is 3.56. The van der Waals surface area contributed by atoms with Crippen LogP contribution in [0.15, 0.2) is 18.2 Å². The van der Waals surface area contributed by atoms with E-state index in [2.05, 4.69) is 0 Å². The molecule has 0 unspecified atom stereocenters. The SMILES string of the molecule is N[C@@H]1CC2(CCC2)Oc2cc(F)ccc21. The van der Waals surface area contributed by atoms with Gasteiger partial charge in [-0.3, -0.25) is 0 Å². The van der Waals surface area contributed by atoms with Crippen LogP contribution in [0.5, 0.6) is 5.75 Å². The number of hydrogen-bond donors (Lipinski definition) is 1. The Balaban J connectivity index is 2.01. The maximum absolute atomic E-state index is 13.1. The van der Waals surface area contributed by atoms with Gasteiger partial charge in [0.2, 0.25) is 0 Å².